The van der Waals surface area contributed by atoms with Crippen molar-refractivity contribution >= 4 is 21.6 Å². The minimum atomic E-state index is -3.54. The minimum absolute atomic E-state index is 0.0322. The molecule has 17 heavy (non-hydrogen) atoms. The third kappa shape index (κ3) is 2.78. The highest BCUT2D eigenvalue weighted by Crippen LogP contribution is 2.24. The summed E-state index contributed by atoms with van der Waals surface area (Å²) >= 11 is 5.59. The summed E-state index contributed by atoms with van der Waals surface area (Å²) in [5.41, 5.74) is 0.502. The van der Waals surface area contributed by atoms with E-state index in [1.54, 1.807) is 0 Å². The van der Waals surface area contributed by atoms with Crippen molar-refractivity contribution in [2.75, 3.05) is 0 Å². The van der Waals surface area contributed by atoms with Gasteiger partial charge in [-0.05, 0) is 37.5 Å². The van der Waals surface area contributed by atoms with Crippen molar-refractivity contribution in [1.29, 1.82) is 0 Å². The van der Waals surface area contributed by atoms with Gasteiger partial charge >= 0.3 is 0 Å². The van der Waals surface area contributed by atoms with Crippen LogP contribution in [0.25, 0.3) is 0 Å². The summed E-state index contributed by atoms with van der Waals surface area (Å²) < 4.78 is 40.0. The number of nitrogens with one attached hydrogen (secondary N) is 1. The Hall–Kier alpha value is -0.650. The molecule has 0 amide bonds. The van der Waals surface area contributed by atoms with Gasteiger partial charge in [0.05, 0.1) is 10.8 Å². The zero-order valence-electron chi connectivity index (χ0n) is 9.33. The first-order valence-corrected chi connectivity index (χ1v) is 7.33. The fourth-order valence-electron chi connectivity index (χ4n) is 1.55. The molecule has 1 N–H and O–H groups in total. The maximum Gasteiger partial charge on any atom is 0.240 e. The summed E-state index contributed by atoms with van der Waals surface area (Å²) in [5.74, 6) is -0.482. The van der Waals surface area contributed by atoms with E-state index in [1.165, 1.54) is 19.1 Å². The number of hydrogen-bond acceptors (Lipinski definition) is 2. The molecule has 1 aliphatic carbocycles. The van der Waals surface area contributed by atoms with Crippen LogP contribution in [0, 0.1) is 12.7 Å². The third-order valence-electron chi connectivity index (χ3n) is 2.66. The second-order valence-electron chi connectivity index (χ2n) is 4.24. The van der Waals surface area contributed by atoms with E-state index < -0.39 is 15.8 Å². The van der Waals surface area contributed by atoms with Crippen molar-refractivity contribution in [1.82, 2.24) is 4.72 Å². The van der Waals surface area contributed by atoms with Gasteiger partial charge in [-0.25, -0.2) is 17.5 Å². The number of sulfonamides is 1. The number of aryl methyl sites for hydroxylation is 1. The van der Waals surface area contributed by atoms with Gasteiger partial charge in [-0.15, -0.1) is 11.6 Å². The van der Waals surface area contributed by atoms with Crippen molar-refractivity contribution in [2.24, 2.45) is 0 Å². The van der Waals surface area contributed by atoms with Gasteiger partial charge < -0.3 is 0 Å². The van der Waals surface area contributed by atoms with Gasteiger partial charge in [-0.1, -0.05) is 0 Å². The molecule has 0 atom stereocenters. The topological polar surface area (TPSA) is 46.2 Å². The van der Waals surface area contributed by atoms with Crippen LogP contribution in [0.5, 0.6) is 0 Å². The number of benzene rings is 1. The molecular formula is C11H13ClFNO2S. The van der Waals surface area contributed by atoms with Crippen LogP contribution in [0.15, 0.2) is 17.0 Å². The Morgan fingerprint density at radius 1 is 1.47 bits per heavy atom. The lowest BCUT2D eigenvalue weighted by molar-refractivity contribution is 0.578. The van der Waals surface area contributed by atoms with Crippen LogP contribution in [-0.2, 0) is 15.9 Å². The van der Waals surface area contributed by atoms with E-state index in [9.17, 15) is 12.8 Å². The first-order chi connectivity index (χ1) is 7.94. The Morgan fingerprint density at radius 2 is 2.12 bits per heavy atom. The first-order valence-electron chi connectivity index (χ1n) is 5.31. The normalized spacial score (nSPS) is 16.2. The number of hydrogen-bond donors (Lipinski definition) is 1. The highest BCUT2D eigenvalue weighted by Gasteiger charge is 2.28. The maximum atomic E-state index is 13.5. The van der Waals surface area contributed by atoms with Gasteiger partial charge in [0.25, 0.3) is 0 Å². The first kappa shape index (κ1) is 12.8. The quantitative estimate of drug-likeness (QED) is 0.859. The fraction of sp³-hybridized carbons (Fsp3) is 0.455. The van der Waals surface area contributed by atoms with Crippen LogP contribution in [0.2, 0.25) is 0 Å². The molecule has 1 fully saturated rings. The second-order valence-corrected chi connectivity index (χ2v) is 6.22. The van der Waals surface area contributed by atoms with Crippen molar-refractivity contribution < 1.29 is 12.8 Å². The SMILES string of the molecule is Cc1cc(S(=O)(=O)NC2CC2)cc(CCl)c1F. The Morgan fingerprint density at radius 3 is 2.65 bits per heavy atom. The lowest BCUT2D eigenvalue weighted by Crippen LogP contribution is -2.26. The maximum absolute atomic E-state index is 13.5. The van der Waals surface area contributed by atoms with Gasteiger partial charge in [0.15, 0.2) is 0 Å². The average Bonchev–Trinajstić information content (AvgIpc) is 3.04. The number of halogens is 2. The van der Waals surface area contributed by atoms with E-state index in [1.807, 2.05) is 0 Å². The standard InChI is InChI=1S/C11H13ClFNO2S/c1-7-4-10(5-8(6-12)11(7)13)17(15,16)14-9-2-3-9/h4-5,9,14H,2-3,6H2,1H3. The molecule has 0 radical (unpaired) electrons. The molecule has 0 unspecified atom stereocenters. The molecule has 94 valence electrons. The predicted molar refractivity (Wildman–Crippen MR) is 64.0 cm³/mol. The molecular weight excluding hydrogens is 265 g/mol. The van der Waals surface area contributed by atoms with E-state index in [4.69, 9.17) is 11.6 Å². The van der Waals surface area contributed by atoms with E-state index >= 15 is 0 Å². The Labute approximate surface area is 105 Å². The van der Waals surface area contributed by atoms with Crippen molar-refractivity contribution in [2.45, 2.75) is 36.6 Å². The van der Waals surface area contributed by atoms with Gasteiger partial charge in [0.2, 0.25) is 10.0 Å². The Kier molecular flexibility index (Phi) is 3.43. The molecule has 0 aliphatic heterocycles. The molecule has 3 nitrogen and oxygen atoms in total. The van der Waals surface area contributed by atoms with E-state index in [-0.39, 0.29) is 22.4 Å². The van der Waals surface area contributed by atoms with Crippen LogP contribution >= 0.6 is 11.6 Å². The Bertz CT molecular complexity index is 541. The van der Waals surface area contributed by atoms with Crippen LogP contribution < -0.4 is 4.72 Å². The van der Waals surface area contributed by atoms with Gasteiger partial charge in [0, 0.05) is 11.6 Å². The monoisotopic (exact) mass is 277 g/mol. The summed E-state index contributed by atoms with van der Waals surface area (Å²) in [5, 5.41) is 0. The van der Waals surface area contributed by atoms with E-state index in [2.05, 4.69) is 4.72 Å². The summed E-state index contributed by atoms with van der Waals surface area (Å²) in [7, 11) is -3.54. The molecule has 1 aromatic carbocycles. The largest absolute Gasteiger partial charge is 0.240 e. The zero-order valence-corrected chi connectivity index (χ0v) is 10.9. The zero-order chi connectivity index (χ0) is 12.6. The van der Waals surface area contributed by atoms with Gasteiger partial charge in [-0.2, -0.15) is 0 Å². The highest BCUT2D eigenvalue weighted by molar-refractivity contribution is 7.89. The summed E-state index contributed by atoms with van der Waals surface area (Å²) in [6.45, 7) is 1.53. The van der Waals surface area contributed by atoms with E-state index in [0.29, 0.717) is 5.56 Å². The second kappa shape index (κ2) is 4.55. The summed E-state index contributed by atoms with van der Waals surface area (Å²) in [4.78, 5) is 0.0824. The smallest absolute Gasteiger partial charge is 0.208 e. The van der Waals surface area contributed by atoms with Gasteiger partial charge in [0.1, 0.15) is 5.82 Å². The highest BCUT2D eigenvalue weighted by atomic mass is 35.5. The van der Waals surface area contributed by atoms with Crippen molar-refractivity contribution in [3.05, 3.63) is 29.1 Å². The van der Waals surface area contributed by atoms with Gasteiger partial charge in [-0.3, -0.25) is 0 Å². The summed E-state index contributed by atoms with van der Waals surface area (Å²) in [6.07, 6.45) is 1.73. The van der Waals surface area contributed by atoms with E-state index in [0.717, 1.165) is 12.8 Å². The molecule has 1 aliphatic rings. The summed E-state index contributed by atoms with van der Waals surface area (Å²) in [6, 6.07) is 2.65. The van der Waals surface area contributed by atoms with Crippen LogP contribution in [0.1, 0.15) is 24.0 Å². The number of alkyl halides is 1. The molecule has 2 rings (SSSR count). The van der Waals surface area contributed by atoms with Crippen LogP contribution in [0.3, 0.4) is 0 Å². The minimum Gasteiger partial charge on any atom is -0.208 e. The van der Waals surface area contributed by atoms with Crippen molar-refractivity contribution in [3.63, 3.8) is 0 Å². The third-order valence-corrected chi connectivity index (χ3v) is 4.44. The molecule has 0 heterocycles. The van der Waals surface area contributed by atoms with Crippen LogP contribution in [-0.4, -0.2) is 14.5 Å². The van der Waals surface area contributed by atoms with Crippen molar-refractivity contribution in [3.8, 4) is 0 Å². The lowest BCUT2D eigenvalue weighted by atomic mass is 10.1. The fourth-order valence-corrected chi connectivity index (χ4v) is 3.18. The predicted octanol–water partition coefficient (Wildman–Crippen LogP) is 2.31. The molecule has 1 aromatic rings. The van der Waals surface area contributed by atoms with Crippen LogP contribution in [0.4, 0.5) is 4.39 Å². The average molecular weight is 278 g/mol. The molecule has 0 bridgehead atoms. The molecule has 0 saturated heterocycles. The molecule has 6 heteroatoms. The molecule has 0 spiro atoms. The molecule has 0 aromatic heterocycles. The number of rotatable bonds is 4. The molecule has 1 saturated carbocycles. The Balaban J connectivity index is 2.41. The lowest BCUT2D eigenvalue weighted by Gasteiger charge is -2.09.